The van der Waals surface area contributed by atoms with Gasteiger partial charge in [0, 0.05) is 11.8 Å². The summed E-state index contributed by atoms with van der Waals surface area (Å²) in [7, 11) is 0. The summed E-state index contributed by atoms with van der Waals surface area (Å²) in [4.78, 5) is 11.6. The van der Waals surface area contributed by atoms with Crippen LogP contribution in [-0.2, 0) is 4.79 Å². The van der Waals surface area contributed by atoms with Crippen molar-refractivity contribution in [2.45, 2.75) is 45.6 Å². The SMILES string of the molecule is C[C@H]1CC(=O)C=C2CCC(C(C)(O)CO)=C[C@@]21C. The highest BCUT2D eigenvalue weighted by atomic mass is 16.3. The summed E-state index contributed by atoms with van der Waals surface area (Å²) in [5.41, 5.74) is 0.769. The quantitative estimate of drug-likeness (QED) is 0.737. The highest BCUT2D eigenvalue weighted by Crippen LogP contribution is 2.49. The maximum absolute atomic E-state index is 11.6. The first kappa shape index (κ1) is 13.5. The molecule has 2 N–H and O–H groups in total. The lowest BCUT2D eigenvalue weighted by Crippen LogP contribution is -2.39. The minimum absolute atomic E-state index is 0.152. The second-order valence-electron chi connectivity index (χ2n) is 6.13. The van der Waals surface area contributed by atoms with E-state index in [1.165, 1.54) is 5.57 Å². The van der Waals surface area contributed by atoms with Gasteiger partial charge in [-0.15, -0.1) is 0 Å². The van der Waals surface area contributed by atoms with Crippen LogP contribution >= 0.6 is 0 Å². The lowest BCUT2D eigenvalue weighted by Gasteiger charge is -2.44. The minimum Gasteiger partial charge on any atom is -0.393 e. The van der Waals surface area contributed by atoms with Gasteiger partial charge < -0.3 is 10.2 Å². The predicted molar refractivity (Wildman–Crippen MR) is 70.0 cm³/mol. The molecule has 0 aromatic rings. The van der Waals surface area contributed by atoms with E-state index < -0.39 is 5.60 Å². The van der Waals surface area contributed by atoms with Gasteiger partial charge in [-0.25, -0.2) is 0 Å². The first-order valence-corrected chi connectivity index (χ1v) is 6.59. The van der Waals surface area contributed by atoms with Gasteiger partial charge in [0.25, 0.3) is 0 Å². The molecule has 0 aliphatic heterocycles. The number of carbonyl (C=O) groups is 1. The summed E-state index contributed by atoms with van der Waals surface area (Å²) in [6, 6.07) is 0. The van der Waals surface area contributed by atoms with E-state index in [1.807, 2.05) is 0 Å². The minimum atomic E-state index is -1.14. The fourth-order valence-electron chi connectivity index (χ4n) is 3.05. The van der Waals surface area contributed by atoms with Gasteiger partial charge in [0.1, 0.15) is 5.60 Å². The molecule has 0 fully saturated rings. The van der Waals surface area contributed by atoms with Crippen LogP contribution in [0.5, 0.6) is 0 Å². The second-order valence-corrected chi connectivity index (χ2v) is 6.13. The molecule has 0 amide bonds. The summed E-state index contributed by atoms with van der Waals surface area (Å²) in [6.45, 7) is 5.59. The van der Waals surface area contributed by atoms with E-state index in [4.69, 9.17) is 0 Å². The number of carbonyl (C=O) groups excluding carboxylic acids is 1. The lowest BCUT2D eigenvalue weighted by molar-refractivity contribution is -0.116. The molecule has 18 heavy (non-hydrogen) atoms. The molecule has 0 radical (unpaired) electrons. The predicted octanol–water partition coefficient (Wildman–Crippen LogP) is 1.99. The van der Waals surface area contributed by atoms with E-state index in [0.29, 0.717) is 6.42 Å². The molecule has 0 aromatic heterocycles. The molecule has 0 bridgehead atoms. The number of allylic oxidation sites excluding steroid dienone is 3. The van der Waals surface area contributed by atoms with Crippen molar-refractivity contribution >= 4 is 5.78 Å². The highest BCUT2D eigenvalue weighted by molar-refractivity contribution is 5.92. The fraction of sp³-hybridized carbons (Fsp3) is 0.667. The smallest absolute Gasteiger partial charge is 0.155 e. The Morgan fingerprint density at radius 2 is 2.17 bits per heavy atom. The monoisotopic (exact) mass is 250 g/mol. The van der Waals surface area contributed by atoms with Crippen LogP contribution in [0.4, 0.5) is 0 Å². The van der Waals surface area contributed by atoms with Crippen LogP contribution in [0.25, 0.3) is 0 Å². The van der Waals surface area contributed by atoms with Gasteiger partial charge in [-0.2, -0.15) is 0 Å². The Labute approximate surface area is 108 Å². The second kappa shape index (κ2) is 4.32. The van der Waals surface area contributed by atoms with Crippen molar-refractivity contribution in [3.63, 3.8) is 0 Å². The zero-order valence-corrected chi connectivity index (χ0v) is 11.4. The van der Waals surface area contributed by atoms with Crippen molar-refractivity contribution in [2.75, 3.05) is 6.61 Å². The first-order chi connectivity index (χ1) is 8.29. The topological polar surface area (TPSA) is 57.5 Å². The van der Waals surface area contributed by atoms with Crippen molar-refractivity contribution in [1.82, 2.24) is 0 Å². The van der Waals surface area contributed by atoms with Gasteiger partial charge in [-0.05, 0) is 37.3 Å². The van der Waals surface area contributed by atoms with Crippen LogP contribution in [0.1, 0.15) is 40.0 Å². The van der Waals surface area contributed by atoms with Crippen LogP contribution in [0.3, 0.4) is 0 Å². The summed E-state index contributed by atoms with van der Waals surface area (Å²) in [5.74, 6) is 0.454. The summed E-state index contributed by atoms with van der Waals surface area (Å²) >= 11 is 0. The molecule has 1 unspecified atom stereocenters. The Hall–Kier alpha value is -0.930. The maximum Gasteiger partial charge on any atom is 0.155 e. The highest BCUT2D eigenvalue weighted by Gasteiger charge is 2.42. The molecule has 2 aliphatic rings. The molecular formula is C15H22O3. The van der Waals surface area contributed by atoms with E-state index in [2.05, 4.69) is 19.9 Å². The van der Waals surface area contributed by atoms with Gasteiger partial charge in [0.2, 0.25) is 0 Å². The third-order valence-corrected chi connectivity index (χ3v) is 4.70. The van der Waals surface area contributed by atoms with E-state index in [1.54, 1.807) is 13.0 Å². The van der Waals surface area contributed by atoms with Gasteiger partial charge in [-0.3, -0.25) is 4.79 Å². The van der Waals surface area contributed by atoms with Crippen molar-refractivity contribution < 1.29 is 15.0 Å². The van der Waals surface area contributed by atoms with E-state index in [-0.39, 0.29) is 23.7 Å². The summed E-state index contributed by atoms with van der Waals surface area (Å²) < 4.78 is 0. The largest absolute Gasteiger partial charge is 0.393 e. The van der Waals surface area contributed by atoms with Gasteiger partial charge in [0.05, 0.1) is 6.61 Å². The van der Waals surface area contributed by atoms with Gasteiger partial charge in [-0.1, -0.05) is 25.5 Å². The number of aliphatic hydroxyl groups is 2. The average Bonchev–Trinajstić information content (AvgIpc) is 2.30. The van der Waals surface area contributed by atoms with Crippen LogP contribution in [0.2, 0.25) is 0 Å². The standard InChI is InChI=1S/C15H22O3/c1-10-6-13(17)7-11-4-5-12(8-14(10,11)2)15(3,18)9-16/h7-8,10,16,18H,4-6,9H2,1-3H3/t10-,14+,15?/m0/s1. The molecule has 0 heterocycles. The van der Waals surface area contributed by atoms with Crippen molar-refractivity contribution in [3.8, 4) is 0 Å². The molecule has 3 nitrogen and oxygen atoms in total. The van der Waals surface area contributed by atoms with Crippen molar-refractivity contribution in [1.29, 1.82) is 0 Å². The molecule has 0 saturated carbocycles. The molecule has 2 aliphatic carbocycles. The summed E-state index contributed by atoms with van der Waals surface area (Å²) in [5, 5.41) is 19.5. The van der Waals surface area contributed by atoms with Crippen LogP contribution in [0, 0.1) is 11.3 Å². The van der Waals surface area contributed by atoms with Crippen LogP contribution < -0.4 is 0 Å². The zero-order chi connectivity index (χ0) is 13.6. The van der Waals surface area contributed by atoms with E-state index in [9.17, 15) is 15.0 Å². The Morgan fingerprint density at radius 3 is 2.78 bits per heavy atom. The summed E-state index contributed by atoms with van der Waals surface area (Å²) in [6.07, 6.45) is 5.94. The van der Waals surface area contributed by atoms with Crippen LogP contribution in [-0.4, -0.2) is 28.2 Å². The molecule has 0 saturated heterocycles. The number of aliphatic hydroxyl groups excluding tert-OH is 1. The number of ketones is 1. The van der Waals surface area contributed by atoms with E-state index in [0.717, 1.165) is 18.4 Å². The molecule has 100 valence electrons. The van der Waals surface area contributed by atoms with Crippen LogP contribution in [0.15, 0.2) is 23.3 Å². The van der Waals surface area contributed by atoms with E-state index >= 15 is 0 Å². The third-order valence-electron chi connectivity index (χ3n) is 4.70. The lowest BCUT2D eigenvalue weighted by atomic mass is 9.61. The number of fused-ring (bicyclic) bond motifs is 1. The third kappa shape index (κ3) is 2.06. The van der Waals surface area contributed by atoms with Gasteiger partial charge in [0.15, 0.2) is 5.78 Å². The normalized spacial score (nSPS) is 35.4. The number of hydrogen-bond acceptors (Lipinski definition) is 3. The average molecular weight is 250 g/mol. The molecule has 2 rings (SSSR count). The Bertz CT molecular complexity index is 431. The molecule has 3 heteroatoms. The molecule has 0 aromatic carbocycles. The number of hydrogen-bond donors (Lipinski definition) is 2. The fourth-order valence-corrected chi connectivity index (χ4v) is 3.05. The van der Waals surface area contributed by atoms with Crippen molar-refractivity contribution in [3.05, 3.63) is 23.3 Å². The molecule has 0 spiro atoms. The molecular weight excluding hydrogens is 228 g/mol. The van der Waals surface area contributed by atoms with Crippen molar-refractivity contribution in [2.24, 2.45) is 11.3 Å². The zero-order valence-electron chi connectivity index (χ0n) is 11.4. The first-order valence-electron chi connectivity index (χ1n) is 6.59. The maximum atomic E-state index is 11.6. The Kier molecular flexibility index (Phi) is 3.24. The Morgan fingerprint density at radius 1 is 1.50 bits per heavy atom. The molecule has 3 atom stereocenters. The van der Waals surface area contributed by atoms with Gasteiger partial charge >= 0.3 is 0 Å². The number of rotatable bonds is 2. The Balaban J connectivity index is 2.43.